The minimum Gasteiger partial charge on any atom is -0.493 e. The highest BCUT2D eigenvalue weighted by atomic mass is 32.1. The number of hydrogen-bond donors (Lipinski definition) is 0. The first-order chi connectivity index (χ1) is 17.0. The summed E-state index contributed by atoms with van der Waals surface area (Å²) < 4.78 is 34.4. The second kappa shape index (κ2) is 10.5. The minimum atomic E-state index is -0.511. The van der Waals surface area contributed by atoms with Crippen molar-refractivity contribution in [2.24, 2.45) is 4.99 Å². The van der Waals surface area contributed by atoms with Crippen molar-refractivity contribution >= 4 is 39.5 Å². The smallest absolute Gasteiger partial charge is 0.326 e. The Morgan fingerprint density at radius 2 is 1.74 bits per heavy atom. The molecule has 2 aromatic carbocycles. The number of nitrogens with zero attached hydrogens (tertiary/aromatic N) is 2. The van der Waals surface area contributed by atoms with Crippen LogP contribution in [-0.4, -0.2) is 51.2 Å². The third kappa shape index (κ3) is 5.09. The van der Waals surface area contributed by atoms with Crippen LogP contribution in [-0.2, 0) is 20.9 Å². The number of rotatable bonds is 8. The molecule has 0 bridgehead atoms. The van der Waals surface area contributed by atoms with E-state index in [2.05, 4.69) is 4.99 Å². The number of carbonyl (C=O) groups excluding carboxylic acids is 2. The maximum absolute atomic E-state index is 12.7. The maximum Gasteiger partial charge on any atom is 0.326 e. The van der Waals surface area contributed by atoms with Gasteiger partial charge in [0, 0.05) is 18.2 Å². The van der Waals surface area contributed by atoms with Crippen LogP contribution in [0.5, 0.6) is 28.7 Å². The molecule has 0 atom stereocenters. The second-order valence-corrected chi connectivity index (χ2v) is 8.20. The van der Waals surface area contributed by atoms with Gasteiger partial charge in [-0.05, 0) is 30.7 Å². The van der Waals surface area contributed by atoms with E-state index in [4.69, 9.17) is 28.4 Å². The van der Waals surface area contributed by atoms with Crippen molar-refractivity contribution in [1.82, 2.24) is 4.57 Å². The van der Waals surface area contributed by atoms with Crippen molar-refractivity contribution < 1.29 is 38.0 Å². The predicted octanol–water partition coefficient (Wildman–Crippen LogP) is 3.16. The highest BCUT2D eigenvalue weighted by Gasteiger charge is 2.19. The van der Waals surface area contributed by atoms with Crippen LogP contribution in [0.25, 0.3) is 16.3 Å². The van der Waals surface area contributed by atoms with Crippen LogP contribution in [0.4, 0.5) is 0 Å². The Morgan fingerprint density at radius 1 is 1.06 bits per heavy atom. The van der Waals surface area contributed by atoms with E-state index in [1.54, 1.807) is 41.8 Å². The molecule has 3 aromatic rings. The molecule has 4 rings (SSSR count). The molecule has 184 valence electrons. The Balaban J connectivity index is 1.70. The molecule has 0 spiro atoms. The van der Waals surface area contributed by atoms with Crippen LogP contribution in [0.2, 0.25) is 0 Å². The first-order valence-corrected chi connectivity index (χ1v) is 11.4. The van der Waals surface area contributed by atoms with Crippen molar-refractivity contribution in [2.45, 2.75) is 13.5 Å². The summed E-state index contributed by atoms with van der Waals surface area (Å²) in [6.07, 6.45) is 2.92. The van der Waals surface area contributed by atoms with Gasteiger partial charge < -0.3 is 33.0 Å². The molecule has 11 heteroatoms. The molecule has 2 heterocycles. The van der Waals surface area contributed by atoms with Gasteiger partial charge in [0.05, 0.1) is 38.2 Å². The van der Waals surface area contributed by atoms with Crippen LogP contribution in [0.3, 0.4) is 0 Å². The van der Waals surface area contributed by atoms with E-state index in [0.29, 0.717) is 44.6 Å². The fourth-order valence-corrected chi connectivity index (χ4v) is 4.58. The normalized spacial score (nSPS) is 12.9. The molecule has 35 heavy (non-hydrogen) atoms. The van der Waals surface area contributed by atoms with Crippen LogP contribution in [0.1, 0.15) is 12.5 Å². The van der Waals surface area contributed by atoms with Crippen LogP contribution < -0.4 is 28.5 Å². The molecular weight excluding hydrogens is 476 g/mol. The average molecular weight is 501 g/mol. The van der Waals surface area contributed by atoms with Gasteiger partial charge in [-0.3, -0.25) is 9.59 Å². The number of ether oxygens (including phenoxy) is 6. The van der Waals surface area contributed by atoms with Crippen molar-refractivity contribution in [3.05, 3.63) is 40.7 Å². The van der Waals surface area contributed by atoms with Gasteiger partial charge in [0.25, 0.3) is 5.91 Å². The largest absolute Gasteiger partial charge is 0.493 e. The molecule has 0 N–H and O–H groups in total. The summed E-state index contributed by atoms with van der Waals surface area (Å²) in [5, 5.41) is 0. The number of esters is 1. The minimum absolute atomic E-state index is 0.101. The standard InChI is InChI=1S/C24H24N2O8S/c1-5-32-22(28)12-26-15-10-16-17(34-13-33-16)11-20(15)35-24(26)25-21(27)7-6-14-8-18(29-2)23(31-4)19(9-14)30-3/h6-11H,5,12-13H2,1-4H3. The fraction of sp³-hybridized carbons (Fsp3) is 0.292. The first-order valence-electron chi connectivity index (χ1n) is 10.6. The molecule has 0 saturated carbocycles. The summed E-state index contributed by atoms with van der Waals surface area (Å²) in [4.78, 5) is 29.6. The quantitative estimate of drug-likeness (QED) is 0.343. The highest BCUT2D eigenvalue weighted by molar-refractivity contribution is 7.16. The van der Waals surface area contributed by atoms with Crippen molar-refractivity contribution in [1.29, 1.82) is 0 Å². The lowest BCUT2D eigenvalue weighted by Gasteiger charge is -2.12. The zero-order valence-corrected chi connectivity index (χ0v) is 20.5. The van der Waals surface area contributed by atoms with Crippen molar-refractivity contribution in [2.75, 3.05) is 34.7 Å². The lowest BCUT2D eigenvalue weighted by molar-refractivity contribution is -0.143. The molecule has 0 aliphatic carbocycles. The Hall–Kier alpha value is -3.99. The summed E-state index contributed by atoms with van der Waals surface area (Å²) >= 11 is 1.26. The topological polar surface area (TPSA) is 107 Å². The van der Waals surface area contributed by atoms with Crippen molar-refractivity contribution in [3.8, 4) is 28.7 Å². The van der Waals surface area contributed by atoms with Gasteiger partial charge in [-0.2, -0.15) is 4.99 Å². The summed E-state index contributed by atoms with van der Waals surface area (Å²) in [5.41, 5.74) is 1.34. The molecule has 1 aliphatic rings. The third-order valence-electron chi connectivity index (χ3n) is 5.08. The van der Waals surface area contributed by atoms with E-state index >= 15 is 0 Å². The Labute approximate surface area is 204 Å². The molecule has 0 radical (unpaired) electrons. The number of amides is 1. The van der Waals surface area contributed by atoms with Gasteiger partial charge in [0.1, 0.15) is 6.54 Å². The Bertz CT molecular complexity index is 1350. The molecular formula is C24H24N2O8S. The lowest BCUT2D eigenvalue weighted by Crippen LogP contribution is -2.22. The van der Waals surface area contributed by atoms with E-state index in [0.717, 1.165) is 4.70 Å². The van der Waals surface area contributed by atoms with Gasteiger partial charge in [0.15, 0.2) is 27.8 Å². The monoisotopic (exact) mass is 500 g/mol. The SMILES string of the molecule is CCOC(=O)Cn1c(=NC(=O)C=Cc2cc(OC)c(OC)c(OC)c2)sc2cc3c(cc21)OCO3. The fourth-order valence-electron chi connectivity index (χ4n) is 3.53. The number of fused-ring (bicyclic) bond motifs is 2. The molecule has 10 nitrogen and oxygen atoms in total. The second-order valence-electron chi connectivity index (χ2n) is 7.19. The number of hydrogen-bond acceptors (Lipinski definition) is 9. The van der Waals surface area contributed by atoms with Gasteiger partial charge in [-0.1, -0.05) is 11.3 Å². The average Bonchev–Trinajstić information content (AvgIpc) is 3.44. The summed E-state index contributed by atoms with van der Waals surface area (Å²) in [7, 11) is 4.55. The lowest BCUT2D eigenvalue weighted by atomic mass is 10.1. The van der Waals surface area contributed by atoms with E-state index in [-0.39, 0.29) is 19.9 Å². The number of carbonyl (C=O) groups is 2. The molecule has 0 saturated heterocycles. The van der Waals surface area contributed by atoms with E-state index < -0.39 is 11.9 Å². The van der Waals surface area contributed by atoms with Crippen LogP contribution >= 0.6 is 11.3 Å². The molecule has 0 fully saturated rings. The van der Waals surface area contributed by atoms with Gasteiger partial charge in [-0.15, -0.1) is 0 Å². The Kier molecular flexibility index (Phi) is 7.25. The van der Waals surface area contributed by atoms with Crippen LogP contribution in [0, 0.1) is 0 Å². The summed E-state index contributed by atoms with van der Waals surface area (Å²) in [5.74, 6) is 1.59. The summed E-state index contributed by atoms with van der Waals surface area (Å²) in [6, 6.07) is 7.00. The Morgan fingerprint density at radius 3 is 2.37 bits per heavy atom. The van der Waals surface area contributed by atoms with Gasteiger partial charge in [0.2, 0.25) is 12.5 Å². The number of benzene rings is 2. The van der Waals surface area contributed by atoms with Crippen molar-refractivity contribution in [3.63, 3.8) is 0 Å². The van der Waals surface area contributed by atoms with Crippen LogP contribution in [0.15, 0.2) is 35.3 Å². The van der Waals surface area contributed by atoms with Gasteiger partial charge in [-0.25, -0.2) is 0 Å². The molecule has 1 aromatic heterocycles. The van der Waals surface area contributed by atoms with E-state index in [9.17, 15) is 9.59 Å². The molecule has 1 aliphatic heterocycles. The molecule has 0 unspecified atom stereocenters. The predicted molar refractivity (Wildman–Crippen MR) is 128 cm³/mol. The number of aromatic nitrogens is 1. The third-order valence-corrected chi connectivity index (χ3v) is 6.12. The maximum atomic E-state index is 12.7. The zero-order chi connectivity index (χ0) is 24.9. The van der Waals surface area contributed by atoms with Gasteiger partial charge >= 0.3 is 5.97 Å². The summed E-state index contributed by atoms with van der Waals surface area (Å²) in [6.45, 7) is 2.01. The zero-order valence-electron chi connectivity index (χ0n) is 19.7. The molecule has 1 amide bonds. The van der Waals surface area contributed by atoms with E-state index in [1.165, 1.54) is 38.7 Å². The number of thiazole rings is 1. The number of methoxy groups -OCH3 is 3. The first kappa shape index (κ1) is 24.1. The highest BCUT2D eigenvalue weighted by Crippen LogP contribution is 2.39. The van der Waals surface area contributed by atoms with E-state index in [1.807, 2.05) is 0 Å².